The zero-order chi connectivity index (χ0) is 23.2. The van der Waals surface area contributed by atoms with Crippen molar-refractivity contribution >= 4 is 29.4 Å². The molecule has 34 heavy (non-hydrogen) atoms. The number of morpholine rings is 1. The Morgan fingerprint density at radius 2 is 1.88 bits per heavy atom. The molecule has 5 rings (SSSR count). The smallest absolute Gasteiger partial charge is 0.246 e. The molecule has 4 aromatic rings. The molecular formula is C23H23FN9O+. The van der Waals surface area contributed by atoms with Crippen molar-refractivity contribution in [2.75, 3.05) is 41.9 Å². The summed E-state index contributed by atoms with van der Waals surface area (Å²) in [5.74, 6) is -0.0259. The molecule has 0 aliphatic carbocycles. The van der Waals surface area contributed by atoms with Gasteiger partial charge in [-0.25, -0.2) is 24.4 Å². The van der Waals surface area contributed by atoms with Crippen molar-refractivity contribution in [3.63, 3.8) is 0 Å². The minimum Gasteiger partial charge on any atom is -0.378 e. The lowest BCUT2D eigenvalue weighted by atomic mass is 10.2. The molecule has 1 aliphatic heterocycles. The van der Waals surface area contributed by atoms with Crippen molar-refractivity contribution in [3.8, 4) is 5.69 Å². The standard InChI is InChI=1S/C23H22FN9O/c24-21-15-27-23(30-22(21)32-9-11-34-12-10-32)31-28-14-18-1-2-19(13-26-18)29-17-3-5-20(6-4-17)33-8-7-25-16-33/h1-8,13-16H,9-12H2,(H2,26,27,28,29,30,31)/p+1. The molecule has 0 spiro atoms. The van der Waals surface area contributed by atoms with Crippen LogP contribution >= 0.6 is 0 Å². The Bertz CT molecular complexity index is 1240. The summed E-state index contributed by atoms with van der Waals surface area (Å²) in [6, 6.07) is 11.8. The summed E-state index contributed by atoms with van der Waals surface area (Å²) in [4.78, 5) is 17.4. The number of hydrogen-bond donors (Lipinski definition) is 3. The number of imidazole rings is 1. The van der Waals surface area contributed by atoms with Crippen LogP contribution in [0.3, 0.4) is 0 Å². The molecule has 0 radical (unpaired) electrons. The number of nitrogens with one attached hydrogen (secondary N) is 3. The summed E-state index contributed by atoms with van der Waals surface area (Å²) in [6.45, 7) is 2.24. The van der Waals surface area contributed by atoms with Gasteiger partial charge in [-0.2, -0.15) is 10.1 Å². The van der Waals surface area contributed by atoms with Crippen molar-refractivity contribution < 1.29 is 13.7 Å². The Balaban J connectivity index is 1.18. The van der Waals surface area contributed by atoms with Crippen LogP contribution in [0.5, 0.6) is 0 Å². The molecule has 172 valence electrons. The van der Waals surface area contributed by atoms with Gasteiger partial charge in [0.2, 0.25) is 12.3 Å². The third-order valence-corrected chi connectivity index (χ3v) is 5.18. The van der Waals surface area contributed by atoms with E-state index in [1.54, 1.807) is 12.4 Å². The molecule has 10 nitrogen and oxygen atoms in total. The lowest BCUT2D eigenvalue weighted by molar-refractivity contribution is -0.594. The Morgan fingerprint density at radius 3 is 2.62 bits per heavy atom. The van der Waals surface area contributed by atoms with Gasteiger partial charge >= 0.3 is 0 Å². The van der Waals surface area contributed by atoms with Gasteiger partial charge in [-0.3, -0.25) is 4.98 Å². The summed E-state index contributed by atoms with van der Waals surface area (Å²) in [7, 11) is 0. The average Bonchev–Trinajstić information content (AvgIpc) is 3.42. The predicted molar refractivity (Wildman–Crippen MR) is 126 cm³/mol. The molecule has 0 amide bonds. The summed E-state index contributed by atoms with van der Waals surface area (Å²) in [5, 5.41) is 7.44. The Hall–Kier alpha value is -4.38. The summed E-state index contributed by atoms with van der Waals surface area (Å²) in [6.07, 6.45) is 10.1. The van der Waals surface area contributed by atoms with Gasteiger partial charge in [0.25, 0.3) is 0 Å². The number of rotatable bonds is 7. The maximum Gasteiger partial charge on any atom is 0.246 e. The Labute approximate surface area is 195 Å². The van der Waals surface area contributed by atoms with Gasteiger partial charge in [-0.05, 0) is 36.4 Å². The molecule has 1 fully saturated rings. The van der Waals surface area contributed by atoms with Crippen LogP contribution < -0.4 is 20.2 Å². The Morgan fingerprint density at radius 1 is 1.06 bits per heavy atom. The van der Waals surface area contributed by atoms with E-state index in [4.69, 9.17) is 4.74 Å². The lowest BCUT2D eigenvalue weighted by Gasteiger charge is -2.27. The first-order chi connectivity index (χ1) is 16.7. The molecule has 1 aliphatic rings. The Kier molecular flexibility index (Phi) is 6.34. The van der Waals surface area contributed by atoms with E-state index in [0.717, 1.165) is 23.3 Å². The van der Waals surface area contributed by atoms with Crippen molar-refractivity contribution in [2.45, 2.75) is 0 Å². The van der Waals surface area contributed by atoms with E-state index in [0.29, 0.717) is 32.0 Å². The van der Waals surface area contributed by atoms with Crippen molar-refractivity contribution in [1.29, 1.82) is 0 Å². The van der Waals surface area contributed by atoms with Crippen LogP contribution in [0.1, 0.15) is 5.69 Å². The van der Waals surface area contributed by atoms with Gasteiger partial charge in [-0.1, -0.05) is 0 Å². The number of ether oxygens (including phenoxy) is 1. The van der Waals surface area contributed by atoms with Gasteiger partial charge in [-0.15, -0.1) is 0 Å². The average molecular weight is 460 g/mol. The van der Waals surface area contributed by atoms with E-state index < -0.39 is 5.82 Å². The summed E-state index contributed by atoms with van der Waals surface area (Å²) >= 11 is 0. The SMILES string of the molecule is Fc1cnc(N/N=C/c2ccc(Nc3ccc(-[n+]4cc[nH]c4)cc3)cn2)nc1N1CCOCC1. The van der Waals surface area contributed by atoms with Gasteiger partial charge in [0.05, 0.1) is 43.2 Å². The monoisotopic (exact) mass is 460 g/mol. The summed E-state index contributed by atoms with van der Waals surface area (Å²) < 4.78 is 21.4. The molecule has 0 unspecified atom stereocenters. The largest absolute Gasteiger partial charge is 0.378 e. The lowest BCUT2D eigenvalue weighted by Crippen LogP contribution is -2.37. The number of pyridine rings is 1. The van der Waals surface area contributed by atoms with Crippen LogP contribution in [-0.2, 0) is 4.74 Å². The van der Waals surface area contributed by atoms with Gasteiger partial charge in [0, 0.05) is 18.8 Å². The molecular weight excluding hydrogens is 437 g/mol. The highest BCUT2D eigenvalue weighted by molar-refractivity contribution is 5.78. The zero-order valence-electron chi connectivity index (χ0n) is 18.2. The number of benzene rings is 1. The molecule has 3 N–H and O–H groups in total. The maximum atomic E-state index is 14.1. The van der Waals surface area contributed by atoms with Gasteiger partial charge < -0.3 is 15.0 Å². The third-order valence-electron chi connectivity index (χ3n) is 5.18. The van der Waals surface area contributed by atoms with E-state index in [1.807, 2.05) is 64.6 Å². The molecule has 0 bridgehead atoms. The first kappa shape index (κ1) is 21.5. The zero-order valence-corrected chi connectivity index (χ0v) is 18.2. The first-order valence-electron chi connectivity index (χ1n) is 10.8. The minimum absolute atomic E-state index is 0.207. The number of aromatic nitrogens is 5. The van der Waals surface area contributed by atoms with Gasteiger partial charge in [0.15, 0.2) is 11.6 Å². The number of hydrogen-bond acceptors (Lipinski definition) is 8. The van der Waals surface area contributed by atoms with Crippen molar-refractivity contribution in [1.82, 2.24) is 19.9 Å². The molecule has 0 saturated carbocycles. The van der Waals surface area contributed by atoms with E-state index >= 15 is 0 Å². The van der Waals surface area contributed by atoms with Crippen LogP contribution in [0.4, 0.5) is 27.5 Å². The topological polar surface area (TPSA) is 107 Å². The van der Waals surface area contributed by atoms with Crippen LogP contribution in [0.25, 0.3) is 5.69 Å². The van der Waals surface area contributed by atoms with E-state index in [-0.39, 0.29) is 11.8 Å². The fourth-order valence-corrected chi connectivity index (χ4v) is 3.45. The van der Waals surface area contributed by atoms with E-state index in [2.05, 4.69) is 35.8 Å². The first-order valence-corrected chi connectivity index (χ1v) is 10.8. The number of H-pyrrole nitrogens is 1. The van der Waals surface area contributed by atoms with Crippen LogP contribution in [0.15, 0.2) is 72.6 Å². The van der Waals surface area contributed by atoms with E-state index in [1.165, 1.54) is 0 Å². The summed E-state index contributed by atoms with van der Waals surface area (Å²) in [5.41, 5.74) is 6.25. The van der Waals surface area contributed by atoms with Crippen LogP contribution in [0.2, 0.25) is 0 Å². The predicted octanol–water partition coefficient (Wildman–Crippen LogP) is 2.64. The number of anilines is 4. The maximum absolute atomic E-state index is 14.1. The van der Waals surface area contributed by atoms with Crippen LogP contribution in [-0.4, -0.2) is 52.5 Å². The second-order valence-electron chi connectivity index (χ2n) is 7.50. The second kappa shape index (κ2) is 10.0. The van der Waals surface area contributed by atoms with Crippen molar-refractivity contribution in [3.05, 3.63) is 79.0 Å². The number of aromatic amines is 1. The third kappa shape index (κ3) is 5.15. The molecule has 11 heteroatoms. The van der Waals surface area contributed by atoms with Crippen molar-refractivity contribution in [2.24, 2.45) is 5.10 Å². The fraction of sp³-hybridized carbons (Fsp3) is 0.174. The molecule has 1 saturated heterocycles. The highest BCUT2D eigenvalue weighted by atomic mass is 19.1. The van der Waals surface area contributed by atoms with Crippen LogP contribution in [0, 0.1) is 5.82 Å². The fourth-order valence-electron chi connectivity index (χ4n) is 3.45. The highest BCUT2D eigenvalue weighted by Crippen LogP contribution is 2.19. The normalized spacial score (nSPS) is 13.9. The number of halogens is 1. The van der Waals surface area contributed by atoms with E-state index in [9.17, 15) is 4.39 Å². The molecule has 4 heterocycles. The molecule has 3 aromatic heterocycles. The highest BCUT2D eigenvalue weighted by Gasteiger charge is 2.17. The molecule has 0 atom stereocenters. The van der Waals surface area contributed by atoms with Gasteiger partial charge in [0.1, 0.15) is 18.1 Å². The minimum atomic E-state index is -0.473. The number of nitrogens with zero attached hydrogens (tertiary/aromatic N) is 6. The number of hydrazone groups is 1. The molecule has 1 aromatic carbocycles. The quantitative estimate of drug-likeness (QED) is 0.221. The second-order valence-corrected chi connectivity index (χ2v) is 7.50.